The largest absolute Gasteiger partial charge is 0.495 e. The van der Waals surface area contributed by atoms with Gasteiger partial charge >= 0.3 is 0 Å². The van der Waals surface area contributed by atoms with Gasteiger partial charge in [0.1, 0.15) is 11.8 Å². The molecule has 0 unspecified atom stereocenters. The second kappa shape index (κ2) is 7.34. The van der Waals surface area contributed by atoms with Crippen LogP contribution in [0.25, 0.3) is 0 Å². The maximum atomic E-state index is 13.2. The number of carbonyl (C=O) groups is 1. The van der Waals surface area contributed by atoms with E-state index in [0.717, 1.165) is 29.8 Å². The van der Waals surface area contributed by atoms with E-state index in [9.17, 15) is 13.2 Å². The zero-order valence-corrected chi connectivity index (χ0v) is 18.7. The molecular weight excluding hydrogens is 412 g/mol. The van der Waals surface area contributed by atoms with Crippen molar-refractivity contribution >= 4 is 33.2 Å². The van der Waals surface area contributed by atoms with Crippen LogP contribution < -0.4 is 14.4 Å². The fraction of sp³-hybridized carbons (Fsp3) is 0.667. The monoisotopic (exact) mass is 440 g/mol. The average molecular weight is 441 g/mol. The zero-order valence-electron chi connectivity index (χ0n) is 17.2. The molecule has 0 spiro atoms. The van der Waals surface area contributed by atoms with Crippen molar-refractivity contribution in [3.05, 3.63) is 23.2 Å². The molecule has 1 amide bonds. The van der Waals surface area contributed by atoms with Crippen LogP contribution in [0.1, 0.15) is 45.4 Å². The van der Waals surface area contributed by atoms with Crippen molar-refractivity contribution in [2.75, 3.05) is 17.7 Å². The van der Waals surface area contributed by atoms with Gasteiger partial charge in [0.25, 0.3) is 0 Å². The van der Waals surface area contributed by atoms with E-state index >= 15 is 0 Å². The molecule has 8 heteroatoms. The van der Waals surface area contributed by atoms with Crippen LogP contribution >= 0.6 is 11.6 Å². The highest BCUT2D eigenvalue weighted by Crippen LogP contribution is 2.55. The maximum absolute atomic E-state index is 13.2. The Kier molecular flexibility index (Phi) is 5.26. The lowest BCUT2D eigenvalue weighted by Crippen LogP contribution is -2.62. The first-order valence-corrected chi connectivity index (χ1v) is 12.5. The first kappa shape index (κ1) is 20.8. The Bertz CT molecular complexity index is 882. The number of amides is 1. The summed E-state index contributed by atoms with van der Waals surface area (Å²) in [7, 11) is -2.19. The van der Waals surface area contributed by atoms with Crippen molar-refractivity contribution in [1.29, 1.82) is 0 Å². The molecule has 1 atom stereocenters. The number of sulfonamides is 1. The fourth-order valence-electron chi connectivity index (χ4n) is 6.23. The summed E-state index contributed by atoms with van der Waals surface area (Å²) >= 11 is 6.21. The molecule has 4 aliphatic carbocycles. The molecular formula is C21H29ClN2O4S. The molecule has 4 fully saturated rings. The van der Waals surface area contributed by atoms with Crippen molar-refractivity contribution in [2.24, 2.45) is 17.8 Å². The van der Waals surface area contributed by atoms with Gasteiger partial charge in [-0.05, 0) is 81.4 Å². The number of anilines is 1. The van der Waals surface area contributed by atoms with Gasteiger partial charge in [-0.1, -0.05) is 11.6 Å². The van der Waals surface area contributed by atoms with E-state index in [-0.39, 0.29) is 11.4 Å². The molecule has 0 heterocycles. The first-order valence-electron chi connectivity index (χ1n) is 10.3. The van der Waals surface area contributed by atoms with Gasteiger partial charge in [0.15, 0.2) is 0 Å². The molecule has 0 aliphatic heterocycles. The van der Waals surface area contributed by atoms with Crippen LogP contribution in [-0.2, 0) is 14.8 Å². The van der Waals surface area contributed by atoms with Crippen LogP contribution in [0.2, 0.25) is 5.02 Å². The molecule has 5 rings (SSSR count). The number of hydrogen-bond donors (Lipinski definition) is 1. The summed E-state index contributed by atoms with van der Waals surface area (Å²) in [6.45, 7) is 1.63. The zero-order chi connectivity index (χ0) is 21.0. The molecule has 0 aromatic heterocycles. The van der Waals surface area contributed by atoms with Gasteiger partial charge in [-0.25, -0.2) is 8.42 Å². The average Bonchev–Trinajstić information content (AvgIpc) is 2.59. The third-order valence-corrected chi connectivity index (χ3v) is 8.44. The van der Waals surface area contributed by atoms with Gasteiger partial charge in [0.2, 0.25) is 15.9 Å². The van der Waals surface area contributed by atoms with Crippen molar-refractivity contribution in [3.63, 3.8) is 0 Å². The van der Waals surface area contributed by atoms with Gasteiger partial charge < -0.3 is 10.1 Å². The minimum Gasteiger partial charge on any atom is -0.495 e. The number of benzene rings is 1. The van der Waals surface area contributed by atoms with Crippen molar-refractivity contribution in [2.45, 2.75) is 57.0 Å². The Labute approximate surface area is 178 Å². The summed E-state index contributed by atoms with van der Waals surface area (Å²) in [5, 5.41) is 3.58. The van der Waals surface area contributed by atoms with Gasteiger partial charge in [-0.15, -0.1) is 0 Å². The first-order chi connectivity index (χ1) is 13.6. The smallest absolute Gasteiger partial charge is 0.244 e. The summed E-state index contributed by atoms with van der Waals surface area (Å²) in [4.78, 5) is 13.2. The molecule has 160 valence electrons. The molecule has 1 aromatic carbocycles. The second-order valence-electron chi connectivity index (χ2n) is 9.24. The van der Waals surface area contributed by atoms with Crippen LogP contribution in [0.15, 0.2) is 18.2 Å². The molecule has 29 heavy (non-hydrogen) atoms. The number of hydrogen-bond acceptors (Lipinski definition) is 4. The topological polar surface area (TPSA) is 75.7 Å². The lowest BCUT2D eigenvalue weighted by Gasteiger charge is -2.57. The third kappa shape index (κ3) is 3.96. The molecule has 6 nitrogen and oxygen atoms in total. The number of halogens is 1. The molecule has 1 aromatic rings. The summed E-state index contributed by atoms with van der Waals surface area (Å²) in [5.41, 5.74) is 0.187. The normalized spacial score (nSPS) is 31.4. The van der Waals surface area contributed by atoms with E-state index in [1.807, 2.05) is 0 Å². The minimum atomic E-state index is -3.69. The quantitative estimate of drug-likeness (QED) is 0.733. The van der Waals surface area contributed by atoms with E-state index < -0.39 is 16.1 Å². The van der Waals surface area contributed by atoms with Gasteiger partial charge in [0, 0.05) is 5.54 Å². The van der Waals surface area contributed by atoms with Gasteiger partial charge in [-0.2, -0.15) is 0 Å². The minimum absolute atomic E-state index is 0.166. The van der Waals surface area contributed by atoms with E-state index in [1.165, 1.54) is 32.4 Å². The predicted octanol–water partition coefficient (Wildman–Crippen LogP) is 3.59. The van der Waals surface area contributed by atoms with E-state index in [1.54, 1.807) is 19.1 Å². The van der Waals surface area contributed by atoms with E-state index in [2.05, 4.69) is 5.32 Å². The van der Waals surface area contributed by atoms with Crippen LogP contribution in [0, 0.1) is 17.8 Å². The van der Waals surface area contributed by atoms with Crippen LogP contribution in [0.5, 0.6) is 5.75 Å². The molecule has 1 N–H and O–H groups in total. The van der Waals surface area contributed by atoms with Crippen molar-refractivity contribution < 1.29 is 17.9 Å². The Hall–Kier alpha value is -1.47. The Morgan fingerprint density at radius 2 is 1.76 bits per heavy atom. The summed E-state index contributed by atoms with van der Waals surface area (Å²) in [6.07, 6.45) is 8.01. The summed E-state index contributed by atoms with van der Waals surface area (Å²) in [6, 6.07) is 3.87. The standard InChI is InChI=1S/C21H29ClN2O4S/c1-13(24(29(3,26)27)17-4-5-19(28-2)18(22)9-17)20(25)23-21-10-14-6-15(11-21)8-16(7-14)12-21/h4-5,9,13-16H,6-8,10-12H2,1-3H3,(H,23,25)/t13-,14?,15?,16?,21?/m0/s1. The molecule has 0 radical (unpaired) electrons. The number of carbonyl (C=O) groups excluding carboxylic acids is 1. The summed E-state index contributed by atoms with van der Waals surface area (Å²) in [5.74, 6) is 2.30. The predicted molar refractivity (Wildman–Crippen MR) is 114 cm³/mol. The van der Waals surface area contributed by atoms with Crippen molar-refractivity contribution in [3.8, 4) is 5.75 Å². The Balaban J connectivity index is 1.57. The lowest BCUT2D eigenvalue weighted by molar-refractivity contribution is -0.127. The second-order valence-corrected chi connectivity index (χ2v) is 11.5. The molecule has 0 saturated heterocycles. The fourth-order valence-corrected chi connectivity index (χ4v) is 7.65. The number of ether oxygens (including phenoxy) is 1. The van der Waals surface area contributed by atoms with Crippen molar-refractivity contribution in [1.82, 2.24) is 5.32 Å². The Morgan fingerprint density at radius 1 is 1.21 bits per heavy atom. The highest BCUT2D eigenvalue weighted by Gasteiger charge is 2.52. The van der Waals surface area contributed by atoms with Crippen LogP contribution in [-0.4, -0.2) is 39.3 Å². The number of nitrogens with one attached hydrogen (secondary N) is 1. The van der Waals surface area contributed by atoms with Crippen LogP contribution in [0.3, 0.4) is 0 Å². The third-order valence-electron chi connectivity index (χ3n) is 6.90. The van der Waals surface area contributed by atoms with E-state index in [0.29, 0.717) is 34.2 Å². The Morgan fingerprint density at radius 3 is 2.21 bits per heavy atom. The number of rotatable bonds is 6. The SMILES string of the molecule is COc1ccc(N([C@@H](C)C(=O)NC23CC4CC(CC(C4)C2)C3)S(C)(=O)=O)cc1Cl. The number of methoxy groups -OCH3 is 1. The highest BCUT2D eigenvalue weighted by atomic mass is 35.5. The molecule has 4 bridgehead atoms. The highest BCUT2D eigenvalue weighted by molar-refractivity contribution is 7.92. The molecule has 4 aliphatic rings. The van der Waals surface area contributed by atoms with Crippen LogP contribution in [0.4, 0.5) is 5.69 Å². The number of nitrogens with zero attached hydrogens (tertiary/aromatic N) is 1. The molecule has 4 saturated carbocycles. The lowest BCUT2D eigenvalue weighted by atomic mass is 9.53. The van der Waals surface area contributed by atoms with Gasteiger partial charge in [0.05, 0.1) is 24.1 Å². The van der Waals surface area contributed by atoms with E-state index in [4.69, 9.17) is 16.3 Å². The maximum Gasteiger partial charge on any atom is 0.244 e. The van der Waals surface area contributed by atoms with Gasteiger partial charge in [-0.3, -0.25) is 9.10 Å². The summed E-state index contributed by atoms with van der Waals surface area (Å²) < 4.78 is 31.5.